The zero-order valence-corrected chi connectivity index (χ0v) is 11.4. The molecule has 4 nitrogen and oxygen atoms in total. The third-order valence-corrected chi connectivity index (χ3v) is 3.25. The first-order chi connectivity index (χ1) is 8.90. The van der Waals surface area contributed by atoms with E-state index in [2.05, 4.69) is 9.97 Å². The number of nitrogens with zero attached hydrogens (tertiary/aromatic N) is 1. The Morgan fingerprint density at radius 3 is 2.68 bits per heavy atom. The number of carboxylic acids is 1. The van der Waals surface area contributed by atoms with Gasteiger partial charge >= 0.3 is 5.97 Å². The number of carbonyl (C=O) groups is 1. The molecule has 2 N–H and O–H groups in total. The van der Waals surface area contributed by atoms with Crippen molar-refractivity contribution in [2.24, 2.45) is 0 Å². The van der Waals surface area contributed by atoms with Crippen molar-refractivity contribution >= 4 is 5.97 Å². The van der Waals surface area contributed by atoms with Gasteiger partial charge in [0.2, 0.25) is 0 Å². The predicted molar refractivity (Wildman–Crippen MR) is 74.0 cm³/mol. The number of benzene rings is 1. The minimum absolute atomic E-state index is 0.0493. The Labute approximate surface area is 112 Å². The average Bonchev–Trinajstić information content (AvgIpc) is 2.77. The van der Waals surface area contributed by atoms with Gasteiger partial charge in [0.1, 0.15) is 5.82 Å². The molecule has 0 saturated heterocycles. The van der Waals surface area contributed by atoms with Crippen molar-refractivity contribution in [3.05, 3.63) is 41.9 Å². The Morgan fingerprint density at radius 2 is 2.05 bits per heavy atom. The highest BCUT2D eigenvalue weighted by molar-refractivity contribution is 5.69. The summed E-state index contributed by atoms with van der Waals surface area (Å²) in [6, 6.07) is 8.03. The van der Waals surface area contributed by atoms with Crippen molar-refractivity contribution in [2.75, 3.05) is 0 Å². The number of aliphatic carboxylic acids is 1. The number of nitrogens with one attached hydrogen (secondary N) is 1. The van der Waals surface area contributed by atoms with Crippen LogP contribution in [0.2, 0.25) is 0 Å². The molecule has 2 aromatic rings. The summed E-state index contributed by atoms with van der Waals surface area (Å²) in [5, 5.41) is 8.94. The van der Waals surface area contributed by atoms with Gasteiger partial charge in [0, 0.05) is 11.0 Å². The molecule has 0 unspecified atom stereocenters. The summed E-state index contributed by atoms with van der Waals surface area (Å²) in [5.74, 6) is -0.119. The number of aromatic amines is 1. The monoisotopic (exact) mass is 258 g/mol. The molecule has 1 aromatic carbocycles. The van der Waals surface area contributed by atoms with Gasteiger partial charge in [0.05, 0.1) is 18.3 Å². The summed E-state index contributed by atoms with van der Waals surface area (Å²) in [5.41, 5.74) is 2.67. The Bertz CT molecular complexity index is 600. The van der Waals surface area contributed by atoms with E-state index in [0.717, 1.165) is 16.8 Å². The zero-order chi connectivity index (χ0) is 14.0. The van der Waals surface area contributed by atoms with Crippen molar-refractivity contribution in [3.63, 3.8) is 0 Å². The predicted octanol–water partition coefficient (Wildman–Crippen LogP) is 3.14. The van der Waals surface area contributed by atoms with Gasteiger partial charge in [-0.15, -0.1) is 0 Å². The Morgan fingerprint density at radius 1 is 1.37 bits per heavy atom. The van der Waals surface area contributed by atoms with Crippen molar-refractivity contribution in [1.29, 1.82) is 0 Å². The lowest BCUT2D eigenvalue weighted by Crippen LogP contribution is -2.23. The third kappa shape index (κ3) is 2.84. The van der Waals surface area contributed by atoms with Gasteiger partial charge in [-0.3, -0.25) is 4.79 Å². The SMILES string of the molecule is Cc1ccccc1-c1cnc(C(C)(C)CC(=O)O)[nH]1. The summed E-state index contributed by atoms with van der Waals surface area (Å²) in [6.07, 6.45) is 1.81. The maximum Gasteiger partial charge on any atom is 0.304 e. The van der Waals surface area contributed by atoms with E-state index in [0.29, 0.717) is 5.82 Å². The minimum Gasteiger partial charge on any atom is -0.481 e. The van der Waals surface area contributed by atoms with E-state index in [1.54, 1.807) is 6.20 Å². The highest BCUT2D eigenvalue weighted by atomic mass is 16.4. The standard InChI is InChI=1S/C15H18N2O2/c1-10-6-4-5-7-11(10)12-9-16-14(17-12)15(2,3)8-13(18)19/h4-7,9H,8H2,1-3H3,(H,16,17)(H,18,19). The van der Waals surface area contributed by atoms with Crippen molar-refractivity contribution in [3.8, 4) is 11.3 Å². The zero-order valence-electron chi connectivity index (χ0n) is 11.4. The largest absolute Gasteiger partial charge is 0.481 e. The maximum absolute atomic E-state index is 10.9. The van der Waals surface area contributed by atoms with E-state index in [1.807, 2.05) is 45.0 Å². The van der Waals surface area contributed by atoms with Crippen molar-refractivity contribution in [1.82, 2.24) is 9.97 Å². The molecule has 0 radical (unpaired) electrons. The van der Waals surface area contributed by atoms with Crippen LogP contribution in [0, 0.1) is 6.92 Å². The Kier molecular flexibility index (Phi) is 3.42. The molecule has 19 heavy (non-hydrogen) atoms. The van der Waals surface area contributed by atoms with Gasteiger partial charge in [-0.05, 0) is 12.5 Å². The van der Waals surface area contributed by atoms with Crippen molar-refractivity contribution < 1.29 is 9.90 Å². The van der Waals surface area contributed by atoms with Gasteiger partial charge < -0.3 is 10.1 Å². The molecule has 0 aliphatic heterocycles. The van der Waals surface area contributed by atoms with Gasteiger partial charge in [0.25, 0.3) is 0 Å². The molecule has 0 amide bonds. The van der Waals surface area contributed by atoms with E-state index < -0.39 is 11.4 Å². The van der Waals surface area contributed by atoms with Crippen LogP contribution in [0.15, 0.2) is 30.5 Å². The normalized spacial score (nSPS) is 11.5. The Hall–Kier alpha value is -2.10. The summed E-state index contributed by atoms with van der Waals surface area (Å²) in [7, 11) is 0. The average molecular weight is 258 g/mol. The van der Waals surface area contributed by atoms with Crippen LogP contribution in [0.25, 0.3) is 11.3 Å². The molecule has 1 aromatic heterocycles. The van der Waals surface area contributed by atoms with E-state index in [-0.39, 0.29) is 6.42 Å². The van der Waals surface area contributed by atoms with Gasteiger partial charge in [-0.25, -0.2) is 4.98 Å². The van der Waals surface area contributed by atoms with Crippen LogP contribution in [0.1, 0.15) is 31.7 Å². The minimum atomic E-state index is -0.821. The number of hydrogen-bond donors (Lipinski definition) is 2. The topological polar surface area (TPSA) is 66.0 Å². The van der Waals surface area contributed by atoms with Crippen LogP contribution < -0.4 is 0 Å². The van der Waals surface area contributed by atoms with E-state index in [1.165, 1.54) is 0 Å². The number of imidazole rings is 1. The van der Waals surface area contributed by atoms with Crippen LogP contribution in [0.3, 0.4) is 0 Å². The van der Waals surface area contributed by atoms with Crippen LogP contribution in [0.4, 0.5) is 0 Å². The van der Waals surface area contributed by atoms with Gasteiger partial charge in [-0.1, -0.05) is 38.1 Å². The molecule has 0 atom stereocenters. The summed E-state index contributed by atoms with van der Waals surface area (Å²) in [4.78, 5) is 18.5. The first kappa shape index (κ1) is 13.3. The highest BCUT2D eigenvalue weighted by Gasteiger charge is 2.27. The lowest BCUT2D eigenvalue weighted by Gasteiger charge is -2.19. The molecule has 1 heterocycles. The smallest absolute Gasteiger partial charge is 0.304 e. The summed E-state index contributed by atoms with van der Waals surface area (Å²) >= 11 is 0. The maximum atomic E-state index is 10.9. The number of carboxylic acid groups (broad SMARTS) is 1. The molecule has 100 valence electrons. The van der Waals surface area contributed by atoms with E-state index in [9.17, 15) is 4.79 Å². The van der Waals surface area contributed by atoms with Gasteiger partial charge in [0.15, 0.2) is 0 Å². The van der Waals surface area contributed by atoms with Crippen LogP contribution >= 0.6 is 0 Å². The number of hydrogen-bond acceptors (Lipinski definition) is 2. The second-order valence-electron chi connectivity index (χ2n) is 5.41. The molecule has 2 rings (SSSR count). The number of rotatable bonds is 4. The molecule has 0 aliphatic rings. The fourth-order valence-corrected chi connectivity index (χ4v) is 2.14. The molecule has 0 aliphatic carbocycles. The summed E-state index contributed by atoms with van der Waals surface area (Å²) < 4.78 is 0. The molecule has 0 saturated carbocycles. The Balaban J connectivity index is 2.34. The molecule has 0 bridgehead atoms. The lowest BCUT2D eigenvalue weighted by atomic mass is 9.88. The van der Waals surface area contributed by atoms with E-state index in [4.69, 9.17) is 5.11 Å². The van der Waals surface area contributed by atoms with E-state index >= 15 is 0 Å². The van der Waals surface area contributed by atoms with Crippen molar-refractivity contribution in [2.45, 2.75) is 32.6 Å². The lowest BCUT2D eigenvalue weighted by molar-refractivity contribution is -0.138. The molecule has 0 spiro atoms. The van der Waals surface area contributed by atoms with Crippen LogP contribution in [-0.4, -0.2) is 21.0 Å². The quantitative estimate of drug-likeness (QED) is 0.885. The number of aryl methyl sites for hydroxylation is 1. The highest BCUT2D eigenvalue weighted by Crippen LogP contribution is 2.28. The fourth-order valence-electron chi connectivity index (χ4n) is 2.14. The number of aromatic nitrogens is 2. The van der Waals surface area contributed by atoms with Crippen LogP contribution in [-0.2, 0) is 10.2 Å². The van der Waals surface area contributed by atoms with Gasteiger partial charge in [-0.2, -0.15) is 0 Å². The van der Waals surface area contributed by atoms with Crippen LogP contribution in [0.5, 0.6) is 0 Å². The molecule has 0 fully saturated rings. The molecular formula is C15H18N2O2. The fraction of sp³-hybridized carbons (Fsp3) is 0.333. The third-order valence-electron chi connectivity index (χ3n) is 3.25. The second-order valence-corrected chi connectivity index (χ2v) is 5.41. The molecular weight excluding hydrogens is 240 g/mol. The second kappa shape index (κ2) is 4.88. The summed E-state index contributed by atoms with van der Waals surface area (Å²) in [6.45, 7) is 5.79. The first-order valence-electron chi connectivity index (χ1n) is 6.23. The first-order valence-corrected chi connectivity index (χ1v) is 6.23. The number of H-pyrrole nitrogens is 1. The molecule has 4 heteroatoms.